The molecule has 0 aliphatic heterocycles. The molecule has 0 spiro atoms. The SMILES string of the molecule is CC(C)(C)c1cc(C(C(=O)c2cc([N+](=O)[O-])ccc2O)c2ccccc2)cc(C(C)(C)C)c1O. The number of non-ortho nitro benzene ring substituents is 1. The van der Waals surface area contributed by atoms with E-state index in [0.29, 0.717) is 22.3 Å². The third-order valence-corrected chi connectivity index (χ3v) is 5.93. The van der Waals surface area contributed by atoms with Gasteiger partial charge in [-0.25, -0.2) is 0 Å². The number of hydrogen-bond donors (Lipinski definition) is 2. The summed E-state index contributed by atoms with van der Waals surface area (Å²) in [4.78, 5) is 24.6. The van der Waals surface area contributed by atoms with Crippen molar-refractivity contribution in [3.8, 4) is 11.5 Å². The average Bonchev–Trinajstić information content (AvgIpc) is 2.74. The lowest BCUT2D eigenvalue weighted by atomic mass is 9.75. The molecule has 178 valence electrons. The quantitative estimate of drug-likeness (QED) is 0.253. The third kappa shape index (κ3) is 4.96. The molecule has 0 saturated heterocycles. The zero-order chi connectivity index (χ0) is 25.4. The highest BCUT2D eigenvalue weighted by Crippen LogP contribution is 2.43. The summed E-state index contributed by atoms with van der Waals surface area (Å²) in [5.74, 6) is -1.42. The van der Waals surface area contributed by atoms with Gasteiger partial charge in [0.25, 0.3) is 5.69 Å². The zero-order valence-electron chi connectivity index (χ0n) is 20.4. The molecule has 0 aromatic heterocycles. The number of phenolic OH excluding ortho intramolecular Hbond substituents is 2. The Labute approximate surface area is 200 Å². The van der Waals surface area contributed by atoms with E-state index in [1.165, 1.54) is 12.1 Å². The third-order valence-electron chi connectivity index (χ3n) is 5.93. The van der Waals surface area contributed by atoms with Crippen LogP contribution in [0.2, 0.25) is 0 Å². The van der Waals surface area contributed by atoms with Crippen LogP contribution in [-0.4, -0.2) is 20.9 Å². The minimum absolute atomic E-state index is 0.120. The highest BCUT2D eigenvalue weighted by molar-refractivity contribution is 6.05. The number of phenols is 2. The number of nitrogens with zero attached hydrogens (tertiary/aromatic N) is 1. The largest absolute Gasteiger partial charge is 0.507 e. The van der Waals surface area contributed by atoms with Crippen LogP contribution in [0.25, 0.3) is 0 Å². The number of rotatable bonds is 5. The van der Waals surface area contributed by atoms with Crippen molar-refractivity contribution in [1.82, 2.24) is 0 Å². The molecule has 1 unspecified atom stereocenters. The molecule has 0 radical (unpaired) electrons. The minimum Gasteiger partial charge on any atom is -0.507 e. The van der Waals surface area contributed by atoms with Crippen molar-refractivity contribution in [3.05, 3.63) is 98.6 Å². The van der Waals surface area contributed by atoms with E-state index in [4.69, 9.17) is 0 Å². The van der Waals surface area contributed by atoms with Crippen molar-refractivity contribution < 1.29 is 19.9 Å². The first-order chi connectivity index (χ1) is 15.7. The molecule has 34 heavy (non-hydrogen) atoms. The maximum Gasteiger partial charge on any atom is 0.270 e. The minimum atomic E-state index is -0.836. The summed E-state index contributed by atoms with van der Waals surface area (Å²) in [7, 11) is 0. The Morgan fingerprint density at radius 3 is 1.82 bits per heavy atom. The van der Waals surface area contributed by atoms with Gasteiger partial charge in [0.2, 0.25) is 0 Å². The van der Waals surface area contributed by atoms with E-state index >= 15 is 0 Å². The topological polar surface area (TPSA) is 101 Å². The molecule has 0 aliphatic carbocycles. The lowest BCUT2D eigenvalue weighted by molar-refractivity contribution is -0.384. The first-order valence-electron chi connectivity index (χ1n) is 11.2. The van der Waals surface area contributed by atoms with Crippen LogP contribution in [0.5, 0.6) is 11.5 Å². The molecular formula is C28H31NO5. The smallest absolute Gasteiger partial charge is 0.270 e. The van der Waals surface area contributed by atoms with Gasteiger partial charge in [0.15, 0.2) is 5.78 Å². The second-order valence-corrected chi connectivity index (χ2v) is 10.6. The van der Waals surface area contributed by atoms with Gasteiger partial charge < -0.3 is 10.2 Å². The van der Waals surface area contributed by atoms with Gasteiger partial charge in [0, 0.05) is 12.1 Å². The predicted molar refractivity (Wildman–Crippen MR) is 133 cm³/mol. The van der Waals surface area contributed by atoms with E-state index in [1.807, 2.05) is 84.0 Å². The molecule has 0 heterocycles. The first-order valence-corrected chi connectivity index (χ1v) is 11.2. The number of carbonyl (C=O) groups excluding carboxylic acids is 1. The number of hydrogen-bond acceptors (Lipinski definition) is 5. The average molecular weight is 462 g/mol. The van der Waals surface area contributed by atoms with Crippen molar-refractivity contribution >= 4 is 11.5 Å². The number of carbonyl (C=O) groups is 1. The van der Waals surface area contributed by atoms with Crippen LogP contribution in [0.3, 0.4) is 0 Å². The molecule has 3 aromatic carbocycles. The molecule has 0 saturated carbocycles. The second-order valence-electron chi connectivity index (χ2n) is 10.6. The summed E-state index contributed by atoms with van der Waals surface area (Å²) < 4.78 is 0. The number of aromatic hydroxyl groups is 2. The molecule has 1 atom stereocenters. The maximum absolute atomic E-state index is 13.9. The lowest BCUT2D eigenvalue weighted by Gasteiger charge is -2.30. The summed E-state index contributed by atoms with van der Waals surface area (Å²) in [6, 6.07) is 16.2. The van der Waals surface area contributed by atoms with Gasteiger partial charge in [-0.1, -0.05) is 84.0 Å². The van der Waals surface area contributed by atoms with E-state index in [9.17, 15) is 25.1 Å². The summed E-state index contributed by atoms with van der Waals surface area (Å²) in [5, 5.41) is 32.9. The van der Waals surface area contributed by atoms with E-state index in [0.717, 1.165) is 6.07 Å². The molecular weight excluding hydrogens is 430 g/mol. The Bertz CT molecular complexity index is 1200. The number of nitro benzene ring substituents is 1. The molecule has 0 bridgehead atoms. The highest BCUT2D eigenvalue weighted by atomic mass is 16.6. The van der Waals surface area contributed by atoms with Crippen LogP contribution in [0, 0.1) is 10.1 Å². The number of Topliss-reactive ketones (excluding diaryl/α,β-unsaturated/α-hetero) is 1. The zero-order valence-corrected chi connectivity index (χ0v) is 20.4. The fourth-order valence-electron chi connectivity index (χ4n) is 4.10. The van der Waals surface area contributed by atoms with Crippen molar-refractivity contribution in [1.29, 1.82) is 0 Å². The normalized spacial score (nSPS) is 12.9. The van der Waals surface area contributed by atoms with Gasteiger partial charge in [-0.2, -0.15) is 0 Å². The van der Waals surface area contributed by atoms with E-state index in [2.05, 4.69) is 0 Å². The molecule has 0 amide bonds. The van der Waals surface area contributed by atoms with E-state index in [1.54, 1.807) is 0 Å². The molecule has 6 nitrogen and oxygen atoms in total. The summed E-state index contributed by atoms with van der Waals surface area (Å²) in [6.45, 7) is 11.9. The maximum atomic E-state index is 13.9. The van der Waals surface area contributed by atoms with E-state index < -0.39 is 27.5 Å². The molecule has 3 rings (SSSR count). The van der Waals surface area contributed by atoms with Gasteiger partial charge in [-0.05, 0) is 39.2 Å². The Balaban J connectivity index is 2.34. The van der Waals surface area contributed by atoms with Crippen molar-refractivity contribution in [2.24, 2.45) is 0 Å². The number of nitro groups is 1. The number of ketones is 1. The van der Waals surface area contributed by atoms with Crippen molar-refractivity contribution in [3.63, 3.8) is 0 Å². The molecule has 6 heteroatoms. The Morgan fingerprint density at radius 2 is 1.35 bits per heavy atom. The van der Waals surface area contributed by atoms with Gasteiger partial charge in [0.05, 0.1) is 16.4 Å². The van der Waals surface area contributed by atoms with Gasteiger partial charge in [0.1, 0.15) is 11.5 Å². The Morgan fingerprint density at radius 1 is 0.824 bits per heavy atom. The first kappa shape index (κ1) is 25.0. The second kappa shape index (κ2) is 8.93. The van der Waals surface area contributed by atoms with Gasteiger partial charge >= 0.3 is 0 Å². The molecule has 0 fully saturated rings. The molecule has 0 aliphatic rings. The standard InChI is InChI=1S/C28H31NO5/c1-27(2,3)21-14-18(15-22(26(21)32)28(4,5)6)24(17-10-8-7-9-11-17)25(31)20-16-19(29(33)34)12-13-23(20)30/h7-16,24,30,32H,1-6H3. The van der Waals surface area contributed by atoms with Crippen LogP contribution in [-0.2, 0) is 10.8 Å². The van der Waals surface area contributed by atoms with E-state index in [-0.39, 0.29) is 22.7 Å². The van der Waals surface area contributed by atoms with Crippen molar-refractivity contribution in [2.75, 3.05) is 0 Å². The molecule has 3 aromatic rings. The van der Waals surface area contributed by atoms with Crippen LogP contribution in [0.1, 0.15) is 80.1 Å². The van der Waals surface area contributed by atoms with Crippen LogP contribution < -0.4 is 0 Å². The molecule has 2 N–H and O–H groups in total. The van der Waals surface area contributed by atoms with Crippen LogP contribution >= 0.6 is 0 Å². The van der Waals surface area contributed by atoms with Crippen LogP contribution in [0.15, 0.2) is 60.7 Å². The van der Waals surface area contributed by atoms with Gasteiger partial charge in [-0.15, -0.1) is 0 Å². The predicted octanol–water partition coefficient (Wildman–Crippen LogP) is 6.62. The fourth-order valence-corrected chi connectivity index (χ4v) is 4.10. The lowest BCUT2D eigenvalue weighted by Crippen LogP contribution is -2.21. The Kier molecular flexibility index (Phi) is 6.56. The Hall–Kier alpha value is -3.67. The monoisotopic (exact) mass is 461 g/mol. The summed E-state index contributed by atoms with van der Waals surface area (Å²) in [6.07, 6.45) is 0. The fraction of sp³-hybridized carbons (Fsp3) is 0.321. The number of benzene rings is 3. The van der Waals surface area contributed by atoms with Crippen molar-refractivity contribution in [2.45, 2.75) is 58.3 Å². The van der Waals surface area contributed by atoms with Gasteiger partial charge in [-0.3, -0.25) is 14.9 Å². The summed E-state index contributed by atoms with van der Waals surface area (Å²) >= 11 is 0. The van der Waals surface area contributed by atoms with Crippen LogP contribution in [0.4, 0.5) is 5.69 Å². The highest BCUT2D eigenvalue weighted by Gasteiger charge is 2.32. The summed E-state index contributed by atoms with van der Waals surface area (Å²) in [5.41, 5.74) is 1.53.